The van der Waals surface area contributed by atoms with Crippen LogP contribution < -0.4 is 10.6 Å². The Balaban J connectivity index is 1.46. The molecule has 0 aromatic heterocycles. The Morgan fingerprint density at radius 1 is 0.974 bits per heavy atom. The van der Waals surface area contributed by atoms with Gasteiger partial charge in [0.25, 0.3) is 0 Å². The zero-order chi connectivity index (χ0) is 27.1. The number of rotatable bonds is 9. The number of ether oxygens (including phenoxy) is 1. The van der Waals surface area contributed by atoms with Gasteiger partial charge in [0.1, 0.15) is 11.6 Å². The second kappa shape index (κ2) is 10.2. The van der Waals surface area contributed by atoms with Crippen molar-refractivity contribution >= 4 is 17.7 Å². The Bertz CT molecular complexity index is 1190. The van der Waals surface area contributed by atoms with E-state index in [2.05, 4.69) is 10.6 Å². The standard InChI is InChI=1S/C30H37N3O5/c1-19(2)22(18-34)33-25(27(36)32-17-21-12-8-5-9-13-21)30-15-14-29(3,38-30)23(24(30)28(33)37)26(35)31-16-20-10-6-4-7-11-20/h4-13,19,22-25,34H,14-18H2,1-3H3,(H,31,35)(H,32,36)/t22-,23+,24-,25?,29-,30?/m0/s1. The third kappa shape index (κ3) is 4.29. The van der Waals surface area contributed by atoms with Crippen molar-refractivity contribution in [3.05, 3.63) is 71.8 Å². The first-order valence-corrected chi connectivity index (χ1v) is 13.5. The number of nitrogens with zero attached hydrogens (tertiary/aromatic N) is 1. The van der Waals surface area contributed by atoms with Gasteiger partial charge in [-0.3, -0.25) is 14.4 Å². The SMILES string of the molecule is CC(C)[C@H](CO)N1C(=O)[C@@H]2[C@H](C(=O)NCc3ccccc3)[C@]3(C)CCC2(O3)C1C(=O)NCc1ccccc1. The van der Waals surface area contributed by atoms with E-state index in [1.165, 1.54) is 4.90 Å². The van der Waals surface area contributed by atoms with Gasteiger partial charge in [0, 0.05) is 13.1 Å². The highest BCUT2D eigenvalue weighted by Gasteiger charge is 2.78. The summed E-state index contributed by atoms with van der Waals surface area (Å²) in [5, 5.41) is 16.3. The highest BCUT2D eigenvalue weighted by molar-refractivity contribution is 5.99. The highest BCUT2D eigenvalue weighted by atomic mass is 16.5. The monoisotopic (exact) mass is 519 g/mol. The summed E-state index contributed by atoms with van der Waals surface area (Å²) in [6.45, 7) is 6.09. The maximum absolute atomic E-state index is 14.2. The maximum Gasteiger partial charge on any atom is 0.246 e. The number of aliphatic hydroxyl groups excluding tert-OH is 1. The van der Waals surface area contributed by atoms with Crippen molar-refractivity contribution in [2.24, 2.45) is 17.8 Å². The van der Waals surface area contributed by atoms with Gasteiger partial charge in [-0.1, -0.05) is 74.5 Å². The van der Waals surface area contributed by atoms with Crippen molar-refractivity contribution in [3.63, 3.8) is 0 Å². The number of nitrogens with one attached hydrogen (secondary N) is 2. The van der Waals surface area contributed by atoms with Gasteiger partial charge in [0.2, 0.25) is 17.7 Å². The molecule has 38 heavy (non-hydrogen) atoms. The molecule has 3 aliphatic rings. The second-order valence-corrected chi connectivity index (χ2v) is 11.4. The molecule has 3 N–H and O–H groups in total. The summed E-state index contributed by atoms with van der Waals surface area (Å²) in [5.74, 6) is -2.47. The zero-order valence-electron chi connectivity index (χ0n) is 22.2. The fourth-order valence-corrected chi connectivity index (χ4v) is 6.82. The molecule has 0 saturated carbocycles. The lowest BCUT2D eigenvalue weighted by atomic mass is 9.66. The molecule has 202 valence electrons. The molecule has 3 heterocycles. The first kappa shape index (κ1) is 26.4. The van der Waals surface area contributed by atoms with Gasteiger partial charge in [0.15, 0.2) is 0 Å². The van der Waals surface area contributed by atoms with Crippen LogP contribution in [0.25, 0.3) is 0 Å². The molecule has 5 rings (SSSR count). The third-order valence-corrected chi connectivity index (χ3v) is 8.68. The average molecular weight is 520 g/mol. The van der Waals surface area contributed by atoms with Crippen molar-refractivity contribution < 1.29 is 24.2 Å². The Morgan fingerprint density at radius 3 is 2.05 bits per heavy atom. The molecule has 3 fully saturated rings. The van der Waals surface area contributed by atoms with Gasteiger partial charge in [-0.15, -0.1) is 0 Å². The second-order valence-electron chi connectivity index (χ2n) is 11.4. The molecule has 1 spiro atoms. The van der Waals surface area contributed by atoms with E-state index in [0.29, 0.717) is 25.9 Å². The van der Waals surface area contributed by atoms with Crippen LogP contribution in [0.5, 0.6) is 0 Å². The molecule has 3 aliphatic heterocycles. The number of hydrogen-bond donors (Lipinski definition) is 3. The quantitative estimate of drug-likeness (QED) is 0.472. The van der Waals surface area contributed by atoms with Crippen LogP contribution in [0.15, 0.2) is 60.7 Å². The summed E-state index contributed by atoms with van der Waals surface area (Å²) in [6, 6.07) is 17.7. The summed E-state index contributed by atoms with van der Waals surface area (Å²) in [5.41, 5.74) is -0.0703. The van der Waals surface area contributed by atoms with Gasteiger partial charge in [-0.25, -0.2) is 0 Å². The Labute approximate surface area is 223 Å². The summed E-state index contributed by atoms with van der Waals surface area (Å²) >= 11 is 0. The molecule has 3 saturated heterocycles. The third-order valence-electron chi connectivity index (χ3n) is 8.68. The van der Waals surface area contributed by atoms with Crippen molar-refractivity contribution in [1.82, 2.24) is 15.5 Å². The summed E-state index contributed by atoms with van der Waals surface area (Å²) in [7, 11) is 0. The molecule has 2 unspecified atom stereocenters. The lowest BCUT2D eigenvalue weighted by Gasteiger charge is -2.38. The number of carbonyl (C=O) groups is 3. The first-order chi connectivity index (χ1) is 18.2. The molecule has 0 aliphatic carbocycles. The fourth-order valence-electron chi connectivity index (χ4n) is 6.82. The van der Waals surface area contributed by atoms with Gasteiger partial charge in [-0.05, 0) is 36.8 Å². The van der Waals surface area contributed by atoms with E-state index in [1.54, 1.807) is 0 Å². The van der Waals surface area contributed by atoms with Gasteiger partial charge in [-0.2, -0.15) is 0 Å². The molecule has 2 aromatic carbocycles. The lowest BCUT2D eigenvalue weighted by Crippen LogP contribution is -2.58. The Hall–Kier alpha value is -3.23. The molecular weight excluding hydrogens is 482 g/mol. The van der Waals surface area contributed by atoms with E-state index in [-0.39, 0.29) is 30.2 Å². The molecule has 2 bridgehead atoms. The van der Waals surface area contributed by atoms with E-state index >= 15 is 0 Å². The Kier molecular flexibility index (Phi) is 7.05. The highest BCUT2D eigenvalue weighted by Crippen LogP contribution is 2.63. The number of hydrogen-bond acceptors (Lipinski definition) is 5. The summed E-state index contributed by atoms with van der Waals surface area (Å²) in [4.78, 5) is 43.2. The van der Waals surface area contributed by atoms with Crippen LogP contribution in [0, 0.1) is 17.8 Å². The number of aliphatic hydroxyl groups is 1. The Morgan fingerprint density at radius 2 is 1.53 bits per heavy atom. The number of amides is 3. The summed E-state index contributed by atoms with van der Waals surface area (Å²) < 4.78 is 6.65. The van der Waals surface area contributed by atoms with Crippen LogP contribution in [-0.2, 0) is 32.2 Å². The molecule has 6 atom stereocenters. The minimum Gasteiger partial charge on any atom is -0.394 e. The largest absolute Gasteiger partial charge is 0.394 e. The molecule has 2 aromatic rings. The predicted molar refractivity (Wildman–Crippen MR) is 141 cm³/mol. The van der Waals surface area contributed by atoms with Crippen molar-refractivity contribution in [2.75, 3.05) is 6.61 Å². The van der Waals surface area contributed by atoms with Crippen molar-refractivity contribution in [3.8, 4) is 0 Å². The number of carbonyl (C=O) groups excluding carboxylic acids is 3. The van der Waals surface area contributed by atoms with Gasteiger partial charge < -0.3 is 25.4 Å². The topological polar surface area (TPSA) is 108 Å². The van der Waals surface area contributed by atoms with Crippen LogP contribution in [0.2, 0.25) is 0 Å². The van der Waals surface area contributed by atoms with Crippen molar-refractivity contribution in [1.29, 1.82) is 0 Å². The number of likely N-dealkylation sites (tertiary alicyclic amines) is 1. The van der Waals surface area contributed by atoms with Gasteiger partial charge >= 0.3 is 0 Å². The van der Waals surface area contributed by atoms with E-state index in [1.807, 2.05) is 81.4 Å². The minimum atomic E-state index is -1.12. The number of benzene rings is 2. The average Bonchev–Trinajstić information content (AvgIpc) is 3.48. The van der Waals surface area contributed by atoms with Gasteiger partial charge in [0.05, 0.1) is 30.1 Å². The molecule has 8 heteroatoms. The van der Waals surface area contributed by atoms with E-state index in [4.69, 9.17) is 4.74 Å². The predicted octanol–water partition coefficient (Wildman–Crippen LogP) is 2.40. The van der Waals surface area contributed by atoms with Crippen LogP contribution in [0.3, 0.4) is 0 Å². The van der Waals surface area contributed by atoms with Crippen LogP contribution in [-0.4, -0.2) is 57.6 Å². The maximum atomic E-state index is 14.2. The van der Waals surface area contributed by atoms with Crippen LogP contribution in [0.4, 0.5) is 0 Å². The fraction of sp³-hybridized carbons (Fsp3) is 0.500. The van der Waals surface area contributed by atoms with Crippen molar-refractivity contribution in [2.45, 2.75) is 70.0 Å². The first-order valence-electron chi connectivity index (χ1n) is 13.5. The molecule has 3 amide bonds. The van der Waals surface area contributed by atoms with E-state index < -0.39 is 35.1 Å². The molecule has 0 radical (unpaired) electrons. The number of fused-ring (bicyclic) bond motifs is 1. The summed E-state index contributed by atoms with van der Waals surface area (Å²) in [6.07, 6.45) is 1.07. The smallest absolute Gasteiger partial charge is 0.246 e. The van der Waals surface area contributed by atoms with E-state index in [9.17, 15) is 19.5 Å². The molecule has 8 nitrogen and oxygen atoms in total. The van der Waals surface area contributed by atoms with Crippen LogP contribution in [0.1, 0.15) is 44.7 Å². The zero-order valence-corrected chi connectivity index (χ0v) is 22.2. The molecular formula is C30H37N3O5. The normalized spacial score (nSPS) is 30.4. The van der Waals surface area contributed by atoms with E-state index in [0.717, 1.165) is 11.1 Å². The van der Waals surface area contributed by atoms with Crippen LogP contribution >= 0.6 is 0 Å². The minimum absolute atomic E-state index is 0.0956. The lowest BCUT2D eigenvalue weighted by molar-refractivity contribution is -0.151.